The first kappa shape index (κ1) is 26.0. The minimum absolute atomic E-state index is 0.206. The van der Waals surface area contributed by atoms with Crippen LogP contribution in [0.15, 0.2) is 48.5 Å². The minimum atomic E-state index is -0.461. The Morgan fingerprint density at radius 3 is 2.24 bits per heavy atom. The van der Waals surface area contributed by atoms with Crippen molar-refractivity contribution in [1.29, 1.82) is 0 Å². The zero-order valence-corrected chi connectivity index (χ0v) is 19.4. The Labute approximate surface area is 197 Å². The molecule has 9 nitrogen and oxygen atoms in total. The lowest BCUT2D eigenvalue weighted by Crippen LogP contribution is -2.45. The first-order valence-corrected chi connectivity index (χ1v) is 10.6. The molecule has 3 amide bonds. The van der Waals surface area contributed by atoms with Crippen LogP contribution in [-0.2, 0) is 19.1 Å². The van der Waals surface area contributed by atoms with E-state index in [4.69, 9.17) is 25.8 Å². The number of nitrogens with one attached hydrogen (secondary N) is 2. The standard InChI is InChI=1S/C23H28ClN3O6/c1-31-13-3-12-27(23(30)16-33-20-8-4-17(24)5-9-20)15-22(29)25-14-21(28)26-18-6-10-19(32-2)11-7-18/h4-11H,3,12-16H2,1-2H3,(H,25,29)(H,26,28). The minimum Gasteiger partial charge on any atom is -0.497 e. The van der Waals surface area contributed by atoms with Crippen LogP contribution in [0.3, 0.4) is 0 Å². The predicted molar refractivity (Wildman–Crippen MR) is 125 cm³/mol. The van der Waals surface area contributed by atoms with Crippen molar-refractivity contribution in [2.24, 2.45) is 0 Å². The molecule has 0 bridgehead atoms. The Morgan fingerprint density at radius 2 is 1.61 bits per heavy atom. The summed E-state index contributed by atoms with van der Waals surface area (Å²) >= 11 is 5.84. The summed E-state index contributed by atoms with van der Waals surface area (Å²) in [6.45, 7) is 0.0737. The van der Waals surface area contributed by atoms with Crippen molar-refractivity contribution in [2.45, 2.75) is 6.42 Å². The number of rotatable bonds is 13. The third kappa shape index (κ3) is 9.80. The summed E-state index contributed by atoms with van der Waals surface area (Å²) in [5.74, 6) is -0.0586. The van der Waals surface area contributed by atoms with Crippen LogP contribution in [0.25, 0.3) is 0 Å². The number of hydrogen-bond acceptors (Lipinski definition) is 6. The van der Waals surface area contributed by atoms with Gasteiger partial charge in [0.1, 0.15) is 11.5 Å². The van der Waals surface area contributed by atoms with Crippen molar-refractivity contribution in [2.75, 3.05) is 52.4 Å². The van der Waals surface area contributed by atoms with Crippen LogP contribution in [-0.4, -0.2) is 69.7 Å². The van der Waals surface area contributed by atoms with Crippen LogP contribution in [0.2, 0.25) is 5.02 Å². The van der Waals surface area contributed by atoms with E-state index in [1.165, 1.54) is 4.90 Å². The maximum Gasteiger partial charge on any atom is 0.260 e. The monoisotopic (exact) mass is 477 g/mol. The normalized spacial score (nSPS) is 10.3. The molecule has 0 unspecified atom stereocenters. The third-order valence-electron chi connectivity index (χ3n) is 4.46. The van der Waals surface area contributed by atoms with Crippen molar-refractivity contribution >= 4 is 35.0 Å². The van der Waals surface area contributed by atoms with Gasteiger partial charge in [0.2, 0.25) is 11.8 Å². The lowest BCUT2D eigenvalue weighted by molar-refractivity contribution is -0.138. The molecule has 2 N–H and O–H groups in total. The highest BCUT2D eigenvalue weighted by Crippen LogP contribution is 2.16. The van der Waals surface area contributed by atoms with Gasteiger partial charge in [-0.05, 0) is 55.0 Å². The van der Waals surface area contributed by atoms with Gasteiger partial charge < -0.3 is 29.7 Å². The summed E-state index contributed by atoms with van der Waals surface area (Å²) in [7, 11) is 3.11. The molecule has 2 aromatic carbocycles. The van der Waals surface area contributed by atoms with E-state index in [0.717, 1.165) is 0 Å². The van der Waals surface area contributed by atoms with E-state index in [1.54, 1.807) is 62.8 Å². The smallest absolute Gasteiger partial charge is 0.260 e. The molecule has 0 saturated carbocycles. The average Bonchev–Trinajstić information content (AvgIpc) is 2.82. The van der Waals surface area contributed by atoms with E-state index in [0.29, 0.717) is 41.8 Å². The molecule has 178 valence electrons. The second-order valence-electron chi connectivity index (χ2n) is 6.96. The van der Waals surface area contributed by atoms with Crippen LogP contribution in [0.1, 0.15) is 6.42 Å². The Morgan fingerprint density at radius 1 is 0.939 bits per heavy atom. The molecule has 0 aliphatic rings. The fraction of sp³-hybridized carbons (Fsp3) is 0.348. The summed E-state index contributed by atoms with van der Waals surface area (Å²) in [6, 6.07) is 13.4. The highest BCUT2D eigenvalue weighted by atomic mass is 35.5. The summed E-state index contributed by atoms with van der Waals surface area (Å²) in [6.07, 6.45) is 0.550. The van der Waals surface area contributed by atoms with Gasteiger partial charge in [-0.2, -0.15) is 0 Å². The van der Waals surface area contributed by atoms with Crippen LogP contribution in [0, 0.1) is 0 Å². The molecular weight excluding hydrogens is 450 g/mol. The molecule has 0 fully saturated rings. The maximum atomic E-state index is 12.6. The molecule has 0 saturated heterocycles. The highest BCUT2D eigenvalue weighted by molar-refractivity contribution is 6.30. The zero-order valence-electron chi connectivity index (χ0n) is 18.6. The Kier molecular flexibility index (Phi) is 11.0. The molecule has 0 aliphatic carbocycles. The van der Waals surface area contributed by atoms with Crippen molar-refractivity contribution in [3.8, 4) is 11.5 Å². The van der Waals surface area contributed by atoms with E-state index < -0.39 is 11.8 Å². The number of hydrogen-bond donors (Lipinski definition) is 2. The van der Waals surface area contributed by atoms with E-state index >= 15 is 0 Å². The number of nitrogens with zero attached hydrogens (tertiary/aromatic N) is 1. The molecule has 0 heterocycles. The van der Waals surface area contributed by atoms with Crippen LogP contribution in [0.5, 0.6) is 11.5 Å². The second-order valence-corrected chi connectivity index (χ2v) is 7.39. The average molecular weight is 478 g/mol. The lowest BCUT2D eigenvalue weighted by atomic mass is 10.3. The first-order chi connectivity index (χ1) is 15.9. The number of methoxy groups -OCH3 is 2. The number of carbonyl (C=O) groups excluding carboxylic acids is 3. The van der Waals surface area contributed by atoms with Gasteiger partial charge in [-0.15, -0.1) is 0 Å². The van der Waals surface area contributed by atoms with Gasteiger partial charge >= 0.3 is 0 Å². The van der Waals surface area contributed by atoms with E-state index in [9.17, 15) is 14.4 Å². The summed E-state index contributed by atoms with van der Waals surface area (Å²) in [4.78, 5) is 38.4. The first-order valence-electron chi connectivity index (χ1n) is 10.3. The number of amides is 3. The number of carbonyl (C=O) groups is 3. The molecule has 0 atom stereocenters. The van der Waals surface area contributed by atoms with Crippen molar-refractivity contribution < 1.29 is 28.6 Å². The molecule has 0 spiro atoms. The summed E-state index contributed by atoms with van der Waals surface area (Å²) in [5, 5.41) is 5.76. The molecule has 10 heteroatoms. The van der Waals surface area contributed by atoms with E-state index in [-0.39, 0.29) is 25.6 Å². The largest absolute Gasteiger partial charge is 0.497 e. The van der Waals surface area contributed by atoms with Crippen LogP contribution >= 0.6 is 11.6 Å². The fourth-order valence-corrected chi connectivity index (χ4v) is 2.87. The zero-order chi connectivity index (χ0) is 24.1. The maximum absolute atomic E-state index is 12.6. The number of anilines is 1. The quantitative estimate of drug-likeness (QED) is 0.429. The van der Waals surface area contributed by atoms with Gasteiger partial charge in [0.25, 0.3) is 5.91 Å². The van der Waals surface area contributed by atoms with Crippen molar-refractivity contribution in [1.82, 2.24) is 10.2 Å². The molecule has 33 heavy (non-hydrogen) atoms. The predicted octanol–water partition coefficient (Wildman–Crippen LogP) is 2.35. The number of benzene rings is 2. The third-order valence-corrected chi connectivity index (χ3v) is 4.71. The summed E-state index contributed by atoms with van der Waals surface area (Å²) in [5.41, 5.74) is 0.575. The SMILES string of the molecule is COCCCN(CC(=O)NCC(=O)Nc1ccc(OC)cc1)C(=O)COc1ccc(Cl)cc1. The molecule has 0 aliphatic heterocycles. The van der Waals surface area contributed by atoms with Crippen LogP contribution in [0.4, 0.5) is 5.69 Å². The molecular formula is C23H28ClN3O6. The Hall–Kier alpha value is -3.30. The van der Waals surface area contributed by atoms with Gasteiger partial charge in [0, 0.05) is 31.0 Å². The number of ether oxygens (including phenoxy) is 3. The molecule has 2 rings (SSSR count). The fourth-order valence-electron chi connectivity index (χ4n) is 2.75. The van der Waals surface area contributed by atoms with Crippen LogP contribution < -0.4 is 20.1 Å². The van der Waals surface area contributed by atoms with Gasteiger partial charge in [0.05, 0.1) is 20.2 Å². The van der Waals surface area contributed by atoms with Crippen molar-refractivity contribution in [3.05, 3.63) is 53.6 Å². The van der Waals surface area contributed by atoms with Crippen molar-refractivity contribution in [3.63, 3.8) is 0 Å². The highest BCUT2D eigenvalue weighted by Gasteiger charge is 2.18. The van der Waals surface area contributed by atoms with E-state index in [1.807, 2.05) is 0 Å². The number of halogens is 1. The molecule has 2 aromatic rings. The molecule has 0 aromatic heterocycles. The Balaban J connectivity index is 1.83. The van der Waals surface area contributed by atoms with Gasteiger partial charge in [-0.1, -0.05) is 11.6 Å². The molecule has 0 radical (unpaired) electrons. The van der Waals surface area contributed by atoms with Gasteiger partial charge in [-0.25, -0.2) is 0 Å². The lowest BCUT2D eigenvalue weighted by Gasteiger charge is -2.22. The van der Waals surface area contributed by atoms with Gasteiger partial charge in [0.15, 0.2) is 6.61 Å². The Bertz CT molecular complexity index is 905. The van der Waals surface area contributed by atoms with Gasteiger partial charge in [-0.3, -0.25) is 14.4 Å². The second kappa shape index (κ2) is 14.0. The topological polar surface area (TPSA) is 106 Å². The summed E-state index contributed by atoms with van der Waals surface area (Å²) < 4.78 is 15.6. The van der Waals surface area contributed by atoms with E-state index in [2.05, 4.69) is 10.6 Å².